The van der Waals surface area contributed by atoms with Gasteiger partial charge >= 0.3 is 0 Å². The van der Waals surface area contributed by atoms with Gasteiger partial charge < -0.3 is 4.98 Å². The summed E-state index contributed by atoms with van der Waals surface area (Å²) in [5, 5.41) is 0. The maximum Gasteiger partial charge on any atom is 0.109 e. The van der Waals surface area contributed by atoms with Crippen LogP contribution in [0.5, 0.6) is 0 Å². The smallest absolute Gasteiger partial charge is 0.109 e. The van der Waals surface area contributed by atoms with Gasteiger partial charge in [-0.15, -0.1) is 11.6 Å². The summed E-state index contributed by atoms with van der Waals surface area (Å²) in [7, 11) is 0. The Morgan fingerprint density at radius 3 is 2.93 bits per heavy atom. The number of nitrogens with zero attached hydrogens (tertiary/aromatic N) is 1. The Labute approximate surface area is 90.1 Å². The van der Waals surface area contributed by atoms with Gasteiger partial charge in [0.15, 0.2) is 0 Å². The van der Waals surface area contributed by atoms with E-state index in [0.29, 0.717) is 11.8 Å². The molecular formula is C11H17ClN2. The van der Waals surface area contributed by atoms with E-state index < -0.39 is 0 Å². The quantitative estimate of drug-likeness (QED) is 0.748. The number of aromatic nitrogens is 2. The first-order valence-electron chi connectivity index (χ1n) is 5.41. The lowest BCUT2D eigenvalue weighted by Crippen LogP contribution is -2.16. The van der Waals surface area contributed by atoms with Crippen molar-refractivity contribution in [3.63, 3.8) is 0 Å². The van der Waals surface area contributed by atoms with E-state index in [0.717, 1.165) is 17.4 Å². The minimum absolute atomic E-state index is 0.536. The van der Waals surface area contributed by atoms with Gasteiger partial charge in [0.2, 0.25) is 0 Å². The molecule has 0 aliphatic heterocycles. The van der Waals surface area contributed by atoms with E-state index in [-0.39, 0.29) is 0 Å². The van der Waals surface area contributed by atoms with Gasteiger partial charge in [0.05, 0.1) is 5.88 Å². The Kier molecular flexibility index (Phi) is 3.12. The Morgan fingerprint density at radius 2 is 2.29 bits per heavy atom. The van der Waals surface area contributed by atoms with Crippen molar-refractivity contribution < 1.29 is 0 Å². The predicted molar refractivity (Wildman–Crippen MR) is 58.5 cm³/mol. The van der Waals surface area contributed by atoms with Crippen molar-refractivity contribution in [2.75, 3.05) is 0 Å². The highest BCUT2D eigenvalue weighted by atomic mass is 35.5. The molecule has 2 atom stereocenters. The molecule has 1 aromatic rings. The first-order valence-corrected chi connectivity index (χ1v) is 5.94. The molecule has 14 heavy (non-hydrogen) atoms. The molecule has 0 spiro atoms. The van der Waals surface area contributed by atoms with Crippen LogP contribution < -0.4 is 0 Å². The first kappa shape index (κ1) is 10.0. The Morgan fingerprint density at radius 1 is 1.50 bits per heavy atom. The van der Waals surface area contributed by atoms with Crippen LogP contribution in [0.15, 0.2) is 6.20 Å². The number of alkyl halides is 1. The van der Waals surface area contributed by atoms with Crippen molar-refractivity contribution in [1.82, 2.24) is 9.97 Å². The summed E-state index contributed by atoms with van der Waals surface area (Å²) in [6.45, 7) is 2.33. The second-order valence-corrected chi connectivity index (χ2v) is 4.56. The van der Waals surface area contributed by atoms with E-state index in [2.05, 4.69) is 16.9 Å². The summed E-state index contributed by atoms with van der Waals surface area (Å²) >= 11 is 5.74. The fraction of sp³-hybridized carbons (Fsp3) is 0.727. The fourth-order valence-corrected chi connectivity index (χ4v) is 2.49. The van der Waals surface area contributed by atoms with Gasteiger partial charge in [-0.25, -0.2) is 4.98 Å². The third-order valence-corrected chi connectivity index (χ3v) is 3.54. The highest BCUT2D eigenvalue weighted by molar-refractivity contribution is 6.16. The van der Waals surface area contributed by atoms with Gasteiger partial charge in [-0.2, -0.15) is 0 Å². The van der Waals surface area contributed by atoms with Crippen LogP contribution in [-0.4, -0.2) is 9.97 Å². The Balaban J connectivity index is 2.12. The lowest BCUT2D eigenvalue weighted by molar-refractivity contribution is 0.321. The largest absolute Gasteiger partial charge is 0.345 e. The SMILES string of the molecule is CC1CCCCC1c1ncc(CCl)[nH]1. The van der Waals surface area contributed by atoms with Gasteiger partial charge in [-0.1, -0.05) is 26.2 Å². The number of H-pyrrole nitrogens is 1. The Bertz CT molecular complexity index is 295. The number of nitrogens with one attached hydrogen (secondary N) is 1. The van der Waals surface area contributed by atoms with Crippen molar-refractivity contribution in [2.45, 2.75) is 44.4 Å². The summed E-state index contributed by atoms with van der Waals surface area (Å²) in [6.07, 6.45) is 7.19. The zero-order valence-electron chi connectivity index (χ0n) is 8.59. The lowest BCUT2D eigenvalue weighted by Gasteiger charge is -2.26. The van der Waals surface area contributed by atoms with Crippen LogP contribution in [0.1, 0.15) is 50.0 Å². The van der Waals surface area contributed by atoms with Crippen molar-refractivity contribution >= 4 is 11.6 Å². The highest BCUT2D eigenvalue weighted by Crippen LogP contribution is 2.35. The van der Waals surface area contributed by atoms with E-state index in [9.17, 15) is 0 Å². The third-order valence-electron chi connectivity index (χ3n) is 3.25. The number of aromatic amines is 1. The number of imidazole rings is 1. The summed E-state index contributed by atoms with van der Waals surface area (Å²) in [5.41, 5.74) is 1.04. The molecule has 2 unspecified atom stereocenters. The predicted octanol–water partition coefficient (Wildman–Crippen LogP) is 3.44. The molecule has 0 radical (unpaired) electrons. The zero-order chi connectivity index (χ0) is 9.97. The summed E-state index contributed by atoms with van der Waals surface area (Å²) in [6, 6.07) is 0. The Hall–Kier alpha value is -0.500. The van der Waals surface area contributed by atoms with E-state index in [4.69, 9.17) is 11.6 Å². The van der Waals surface area contributed by atoms with Crippen LogP contribution in [0.3, 0.4) is 0 Å². The highest BCUT2D eigenvalue weighted by Gasteiger charge is 2.24. The van der Waals surface area contributed by atoms with E-state index in [1.807, 2.05) is 6.20 Å². The van der Waals surface area contributed by atoms with Crippen LogP contribution in [0.25, 0.3) is 0 Å². The van der Waals surface area contributed by atoms with Crippen molar-refractivity contribution in [3.05, 3.63) is 17.7 Å². The van der Waals surface area contributed by atoms with Crippen molar-refractivity contribution in [3.8, 4) is 0 Å². The fourth-order valence-electron chi connectivity index (χ4n) is 2.36. The molecule has 2 nitrogen and oxygen atoms in total. The third kappa shape index (κ3) is 1.95. The van der Waals surface area contributed by atoms with Crippen LogP contribution in [0.2, 0.25) is 0 Å². The molecule has 1 aliphatic rings. The monoisotopic (exact) mass is 212 g/mol. The second kappa shape index (κ2) is 4.35. The number of rotatable bonds is 2. The molecule has 0 bridgehead atoms. The minimum Gasteiger partial charge on any atom is -0.345 e. The van der Waals surface area contributed by atoms with E-state index in [1.54, 1.807) is 0 Å². The summed E-state index contributed by atoms with van der Waals surface area (Å²) < 4.78 is 0. The summed E-state index contributed by atoms with van der Waals surface area (Å²) in [5.74, 6) is 3.07. The molecule has 0 aromatic carbocycles. The molecule has 1 heterocycles. The van der Waals surface area contributed by atoms with Crippen LogP contribution >= 0.6 is 11.6 Å². The van der Waals surface area contributed by atoms with Crippen LogP contribution in [0, 0.1) is 5.92 Å². The van der Waals surface area contributed by atoms with Crippen LogP contribution in [0.4, 0.5) is 0 Å². The average molecular weight is 213 g/mol. The molecule has 1 saturated carbocycles. The molecule has 0 saturated heterocycles. The molecule has 3 heteroatoms. The summed E-state index contributed by atoms with van der Waals surface area (Å²) in [4.78, 5) is 7.74. The van der Waals surface area contributed by atoms with Crippen molar-refractivity contribution in [2.24, 2.45) is 5.92 Å². The molecule has 1 aromatic heterocycles. The van der Waals surface area contributed by atoms with Gasteiger partial charge in [0.1, 0.15) is 5.82 Å². The van der Waals surface area contributed by atoms with Crippen LogP contribution in [-0.2, 0) is 5.88 Å². The standard InChI is InChI=1S/C11H17ClN2/c1-8-4-2-3-5-10(8)11-13-7-9(6-12)14-11/h7-8,10H,2-6H2,1H3,(H,13,14). The number of hydrogen-bond donors (Lipinski definition) is 1. The van der Waals surface area contributed by atoms with Gasteiger partial charge in [-0.05, 0) is 12.3 Å². The maximum absolute atomic E-state index is 5.74. The maximum atomic E-state index is 5.74. The molecule has 78 valence electrons. The van der Waals surface area contributed by atoms with E-state index in [1.165, 1.54) is 25.7 Å². The van der Waals surface area contributed by atoms with Gasteiger partial charge in [0, 0.05) is 17.8 Å². The molecule has 1 aliphatic carbocycles. The number of halogens is 1. The molecule has 1 fully saturated rings. The van der Waals surface area contributed by atoms with Crippen molar-refractivity contribution in [1.29, 1.82) is 0 Å². The molecule has 1 N–H and O–H groups in total. The average Bonchev–Trinajstić information content (AvgIpc) is 2.67. The first-order chi connectivity index (χ1) is 6.81. The minimum atomic E-state index is 0.536. The topological polar surface area (TPSA) is 28.7 Å². The van der Waals surface area contributed by atoms with Gasteiger partial charge in [-0.3, -0.25) is 0 Å². The van der Waals surface area contributed by atoms with E-state index >= 15 is 0 Å². The zero-order valence-corrected chi connectivity index (χ0v) is 9.35. The normalized spacial score (nSPS) is 27.9. The second-order valence-electron chi connectivity index (χ2n) is 4.30. The molecule has 0 amide bonds. The molecular weight excluding hydrogens is 196 g/mol. The lowest BCUT2D eigenvalue weighted by atomic mass is 9.80. The molecule has 2 rings (SSSR count). The van der Waals surface area contributed by atoms with Gasteiger partial charge in [0.25, 0.3) is 0 Å². The number of hydrogen-bond acceptors (Lipinski definition) is 1.